The lowest BCUT2D eigenvalue weighted by atomic mass is 9.66. The lowest BCUT2D eigenvalue weighted by Crippen LogP contribution is -2.25. The highest BCUT2D eigenvalue weighted by Crippen LogP contribution is 2.48. The lowest BCUT2D eigenvalue weighted by Gasteiger charge is -2.38. The second-order valence-electron chi connectivity index (χ2n) is 6.22. The first-order valence-corrected chi connectivity index (χ1v) is 6.84. The number of halogens is 1. The van der Waals surface area contributed by atoms with Crippen molar-refractivity contribution in [3.8, 4) is 0 Å². The number of H-pyrrole nitrogens is 1. The van der Waals surface area contributed by atoms with Gasteiger partial charge in [0.25, 0.3) is 0 Å². The molecule has 0 amide bonds. The number of fused-ring (bicyclic) bond motifs is 1. The molecule has 1 unspecified atom stereocenters. The van der Waals surface area contributed by atoms with Crippen molar-refractivity contribution in [3.63, 3.8) is 0 Å². The molecule has 2 aromatic rings. The van der Waals surface area contributed by atoms with E-state index in [0.717, 1.165) is 10.9 Å². The molecule has 1 nitrogen and oxygen atoms in total. The molecule has 0 aliphatic heterocycles. The van der Waals surface area contributed by atoms with Crippen molar-refractivity contribution in [1.29, 1.82) is 0 Å². The van der Waals surface area contributed by atoms with Crippen LogP contribution in [0.25, 0.3) is 10.9 Å². The molecule has 1 saturated carbocycles. The zero-order valence-corrected chi connectivity index (χ0v) is 11.1. The predicted molar refractivity (Wildman–Crippen MR) is 73.2 cm³/mol. The van der Waals surface area contributed by atoms with Crippen LogP contribution >= 0.6 is 0 Å². The second-order valence-corrected chi connectivity index (χ2v) is 6.22. The average Bonchev–Trinajstić information content (AvgIpc) is 2.71. The van der Waals surface area contributed by atoms with E-state index in [0.29, 0.717) is 11.3 Å². The van der Waals surface area contributed by atoms with E-state index in [1.54, 1.807) is 6.07 Å². The molecule has 1 aromatic heterocycles. The van der Waals surface area contributed by atoms with Crippen LogP contribution in [0.3, 0.4) is 0 Å². The van der Waals surface area contributed by atoms with E-state index in [1.165, 1.54) is 37.3 Å². The van der Waals surface area contributed by atoms with Gasteiger partial charge in [-0.05, 0) is 47.9 Å². The highest BCUT2D eigenvalue weighted by atomic mass is 19.1. The first kappa shape index (κ1) is 11.8. The third-order valence-electron chi connectivity index (χ3n) is 4.56. The summed E-state index contributed by atoms with van der Waals surface area (Å²) >= 11 is 0. The normalized spacial score (nSPS) is 23.4. The fourth-order valence-electron chi connectivity index (χ4n) is 3.47. The minimum Gasteiger partial charge on any atom is -0.361 e. The van der Waals surface area contributed by atoms with Gasteiger partial charge in [-0.1, -0.05) is 26.7 Å². The number of rotatable bonds is 1. The molecule has 0 bridgehead atoms. The van der Waals surface area contributed by atoms with Crippen molar-refractivity contribution >= 4 is 10.9 Å². The molecular formula is C16H20FN. The number of aromatic nitrogens is 1. The summed E-state index contributed by atoms with van der Waals surface area (Å²) in [6.45, 7) is 4.68. The van der Waals surface area contributed by atoms with Gasteiger partial charge < -0.3 is 4.98 Å². The van der Waals surface area contributed by atoms with Crippen LogP contribution in [0.15, 0.2) is 24.4 Å². The molecule has 3 rings (SSSR count). The standard InChI is InChI=1S/C16H20FN/c1-16(2)8-4-3-5-14(16)13-10-18-15-7-6-11(17)9-12(13)15/h6-7,9-10,14,18H,3-5,8H2,1-2H3. The van der Waals surface area contributed by atoms with Gasteiger partial charge in [0.05, 0.1) is 0 Å². The van der Waals surface area contributed by atoms with Crippen LogP contribution in [0.2, 0.25) is 0 Å². The van der Waals surface area contributed by atoms with Crippen molar-refractivity contribution < 1.29 is 4.39 Å². The van der Waals surface area contributed by atoms with Gasteiger partial charge in [-0.2, -0.15) is 0 Å². The van der Waals surface area contributed by atoms with Crippen molar-refractivity contribution in [2.45, 2.75) is 45.4 Å². The molecule has 1 heterocycles. The van der Waals surface area contributed by atoms with E-state index >= 15 is 0 Å². The summed E-state index contributed by atoms with van der Waals surface area (Å²) in [5.74, 6) is 0.402. The van der Waals surface area contributed by atoms with Crippen LogP contribution < -0.4 is 0 Å². The molecular weight excluding hydrogens is 225 g/mol. The molecule has 1 aliphatic rings. The van der Waals surface area contributed by atoms with E-state index in [9.17, 15) is 4.39 Å². The highest BCUT2D eigenvalue weighted by Gasteiger charge is 2.34. The molecule has 96 valence electrons. The number of hydrogen-bond acceptors (Lipinski definition) is 0. The molecule has 1 fully saturated rings. The third kappa shape index (κ3) is 1.84. The van der Waals surface area contributed by atoms with Gasteiger partial charge in [0, 0.05) is 17.1 Å². The molecule has 1 N–H and O–H groups in total. The largest absolute Gasteiger partial charge is 0.361 e. The van der Waals surface area contributed by atoms with Crippen molar-refractivity contribution in [2.24, 2.45) is 5.41 Å². The van der Waals surface area contributed by atoms with E-state index in [-0.39, 0.29) is 5.82 Å². The van der Waals surface area contributed by atoms with Crippen molar-refractivity contribution in [3.05, 3.63) is 35.8 Å². The maximum absolute atomic E-state index is 13.4. The van der Waals surface area contributed by atoms with E-state index < -0.39 is 0 Å². The lowest BCUT2D eigenvalue weighted by molar-refractivity contribution is 0.201. The van der Waals surface area contributed by atoms with Crippen LogP contribution in [-0.2, 0) is 0 Å². The summed E-state index contributed by atoms with van der Waals surface area (Å²) in [6, 6.07) is 5.03. The Morgan fingerprint density at radius 1 is 1.28 bits per heavy atom. The van der Waals surface area contributed by atoms with Gasteiger partial charge in [0.2, 0.25) is 0 Å². The average molecular weight is 245 g/mol. The number of nitrogens with one attached hydrogen (secondary N) is 1. The summed E-state index contributed by atoms with van der Waals surface area (Å²) < 4.78 is 13.4. The van der Waals surface area contributed by atoms with Crippen LogP contribution in [0.5, 0.6) is 0 Å². The maximum Gasteiger partial charge on any atom is 0.123 e. The molecule has 1 aromatic carbocycles. The minimum absolute atomic E-state index is 0.142. The first-order valence-electron chi connectivity index (χ1n) is 6.84. The van der Waals surface area contributed by atoms with Gasteiger partial charge in [0.15, 0.2) is 0 Å². The highest BCUT2D eigenvalue weighted by molar-refractivity contribution is 5.83. The number of aromatic amines is 1. The van der Waals surface area contributed by atoms with E-state index in [1.807, 2.05) is 6.07 Å². The van der Waals surface area contributed by atoms with Crippen LogP contribution in [0.4, 0.5) is 4.39 Å². The zero-order chi connectivity index (χ0) is 12.8. The zero-order valence-electron chi connectivity index (χ0n) is 11.1. The molecule has 0 spiro atoms. The smallest absolute Gasteiger partial charge is 0.123 e. The van der Waals surface area contributed by atoms with Gasteiger partial charge >= 0.3 is 0 Å². The van der Waals surface area contributed by atoms with Crippen LogP contribution in [0.1, 0.15) is 51.0 Å². The molecule has 2 heteroatoms. The quantitative estimate of drug-likeness (QED) is 0.728. The Morgan fingerprint density at radius 3 is 2.89 bits per heavy atom. The van der Waals surface area contributed by atoms with Gasteiger partial charge in [-0.3, -0.25) is 0 Å². The minimum atomic E-state index is -0.142. The Hall–Kier alpha value is -1.31. The molecule has 0 radical (unpaired) electrons. The van der Waals surface area contributed by atoms with Crippen LogP contribution in [-0.4, -0.2) is 4.98 Å². The van der Waals surface area contributed by atoms with E-state index in [4.69, 9.17) is 0 Å². The molecule has 1 aliphatic carbocycles. The Labute approximate surface area is 107 Å². The summed E-state index contributed by atoms with van der Waals surface area (Å²) in [6.07, 6.45) is 7.17. The predicted octanol–water partition coefficient (Wildman–Crippen LogP) is 4.99. The van der Waals surface area contributed by atoms with E-state index in [2.05, 4.69) is 25.0 Å². The molecule has 1 atom stereocenters. The number of benzene rings is 1. The first-order chi connectivity index (χ1) is 8.58. The summed E-state index contributed by atoms with van der Waals surface area (Å²) in [4.78, 5) is 3.28. The Balaban J connectivity index is 2.10. The third-order valence-corrected chi connectivity index (χ3v) is 4.56. The SMILES string of the molecule is CC1(C)CCCCC1c1c[nH]c2ccc(F)cc12. The number of hydrogen-bond donors (Lipinski definition) is 1. The fourth-order valence-corrected chi connectivity index (χ4v) is 3.47. The Bertz CT molecular complexity index is 567. The van der Waals surface area contributed by atoms with Gasteiger partial charge in [-0.15, -0.1) is 0 Å². The van der Waals surface area contributed by atoms with Crippen molar-refractivity contribution in [1.82, 2.24) is 4.98 Å². The monoisotopic (exact) mass is 245 g/mol. The Kier molecular flexibility index (Phi) is 2.69. The summed E-state index contributed by atoms with van der Waals surface area (Å²) in [5, 5.41) is 1.06. The second kappa shape index (κ2) is 4.11. The Morgan fingerprint density at radius 2 is 2.11 bits per heavy atom. The fraction of sp³-hybridized carbons (Fsp3) is 0.500. The maximum atomic E-state index is 13.4. The summed E-state index contributed by atoms with van der Waals surface area (Å²) in [7, 11) is 0. The topological polar surface area (TPSA) is 15.8 Å². The molecule has 0 saturated heterocycles. The molecule has 18 heavy (non-hydrogen) atoms. The summed E-state index contributed by atoms with van der Waals surface area (Å²) in [5.41, 5.74) is 2.67. The van der Waals surface area contributed by atoms with Gasteiger partial charge in [-0.25, -0.2) is 4.39 Å². The van der Waals surface area contributed by atoms with Crippen LogP contribution in [0, 0.1) is 11.2 Å². The van der Waals surface area contributed by atoms with Crippen molar-refractivity contribution in [2.75, 3.05) is 0 Å². The van der Waals surface area contributed by atoms with Gasteiger partial charge in [0.1, 0.15) is 5.82 Å².